The van der Waals surface area contributed by atoms with Crippen LogP contribution in [0.3, 0.4) is 0 Å². The largest absolute Gasteiger partial charge is 0.416 e. The van der Waals surface area contributed by atoms with Gasteiger partial charge in [-0.05, 0) is 61.7 Å². The molecule has 4 nitrogen and oxygen atoms in total. The Hall–Kier alpha value is -3.24. The smallest absolute Gasteiger partial charge is 0.341 e. The molecule has 3 aromatic rings. The molecular weight excluding hydrogens is 617 g/mol. The normalized spacial score (nSPS) is 18.3. The second-order valence-electron chi connectivity index (χ2n) is 10.8. The first-order chi connectivity index (χ1) is 20.0. The number of likely N-dealkylation sites (N-methyl/N-ethyl adjacent to an activating group) is 1. The van der Waals surface area contributed by atoms with Crippen LogP contribution in [0.2, 0.25) is 10.0 Å². The van der Waals surface area contributed by atoms with Crippen molar-refractivity contribution in [2.45, 2.75) is 50.5 Å². The van der Waals surface area contributed by atoms with E-state index >= 15 is 0 Å². The van der Waals surface area contributed by atoms with E-state index in [9.17, 15) is 35.9 Å². The quantitative estimate of drug-likeness (QED) is 0.261. The molecule has 1 heterocycles. The highest BCUT2D eigenvalue weighted by molar-refractivity contribution is 6.42. The number of carbonyl (C=O) groups excluding carboxylic acids is 2. The molecule has 1 aliphatic rings. The number of aryl methyl sites for hydroxylation is 1. The maximum atomic E-state index is 13.6. The number of benzene rings is 3. The summed E-state index contributed by atoms with van der Waals surface area (Å²) in [5.41, 5.74) is -1.43. The lowest BCUT2D eigenvalue weighted by molar-refractivity contribution is -0.143. The molecule has 43 heavy (non-hydrogen) atoms. The third kappa shape index (κ3) is 7.29. The van der Waals surface area contributed by atoms with Crippen molar-refractivity contribution < 1.29 is 35.9 Å². The molecule has 0 saturated carbocycles. The van der Waals surface area contributed by atoms with Crippen LogP contribution in [-0.2, 0) is 17.1 Å². The number of nitrogens with zero attached hydrogens (tertiary/aromatic N) is 2. The number of likely N-dealkylation sites (tertiary alicyclic amines) is 1. The Morgan fingerprint density at radius 2 is 1.47 bits per heavy atom. The third-order valence-electron chi connectivity index (χ3n) is 7.86. The average molecular weight is 645 g/mol. The monoisotopic (exact) mass is 644 g/mol. The lowest BCUT2D eigenvalue weighted by atomic mass is 9.84. The van der Waals surface area contributed by atoms with E-state index in [4.69, 9.17) is 23.2 Å². The summed E-state index contributed by atoms with van der Waals surface area (Å²) in [7, 11) is 1.33. The number of alkyl halides is 6. The van der Waals surface area contributed by atoms with Gasteiger partial charge in [0.15, 0.2) is 0 Å². The van der Waals surface area contributed by atoms with Gasteiger partial charge >= 0.3 is 12.4 Å². The van der Waals surface area contributed by atoms with Crippen molar-refractivity contribution in [1.82, 2.24) is 9.80 Å². The van der Waals surface area contributed by atoms with E-state index < -0.39 is 52.8 Å². The molecule has 0 aromatic heterocycles. The van der Waals surface area contributed by atoms with Crippen LogP contribution in [0.25, 0.3) is 0 Å². The summed E-state index contributed by atoms with van der Waals surface area (Å²) in [6, 6.07) is 12.5. The zero-order chi connectivity index (χ0) is 31.9. The van der Waals surface area contributed by atoms with Gasteiger partial charge in [0, 0.05) is 37.7 Å². The molecule has 0 N–H and O–H groups in total. The fourth-order valence-corrected chi connectivity index (χ4v) is 5.68. The number of amides is 2. The van der Waals surface area contributed by atoms with Gasteiger partial charge in [0.25, 0.3) is 5.91 Å². The van der Waals surface area contributed by atoms with Crippen molar-refractivity contribution in [3.8, 4) is 0 Å². The molecule has 0 aliphatic carbocycles. The fourth-order valence-electron chi connectivity index (χ4n) is 5.38. The van der Waals surface area contributed by atoms with E-state index in [1.807, 2.05) is 31.2 Å². The topological polar surface area (TPSA) is 40.6 Å². The van der Waals surface area contributed by atoms with E-state index in [1.165, 1.54) is 7.05 Å². The second-order valence-corrected chi connectivity index (χ2v) is 11.6. The predicted molar refractivity (Wildman–Crippen MR) is 152 cm³/mol. The first-order valence-electron chi connectivity index (χ1n) is 13.3. The number of carbonyl (C=O) groups is 2. The summed E-state index contributed by atoms with van der Waals surface area (Å²) >= 11 is 12.4. The van der Waals surface area contributed by atoms with E-state index in [-0.39, 0.29) is 41.5 Å². The van der Waals surface area contributed by atoms with Crippen LogP contribution >= 0.6 is 23.2 Å². The maximum absolute atomic E-state index is 13.6. The van der Waals surface area contributed by atoms with Gasteiger partial charge < -0.3 is 9.80 Å². The van der Waals surface area contributed by atoms with Gasteiger partial charge in [0.2, 0.25) is 5.91 Å². The van der Waals surface area contributed by atoms with E-state index in [0.717, 1.165) is 16.0 Å². The molecule has 230 valence electrons. The lowest BCUT2D eigenvalue weighted by Gasteiger charge is -2.43. The first-order valence-corrected chi connectivity index (χ1v) is 14.1. The van der Waals surface area contributed by atoms with Gasteiger partial charge in [-0.2, -0.15) is 26.3 Å². The standard InChI is InChI=1S/C31H28Cl2F6N2O2/c1-17-4-6-19(7-5-17)18(2)28(42)41-11-10-27(24(16-41)20-8-9-25(32)26(33)14-20)40(3)29(43)21-12-22(30(34,35)36)15-23(13-21)31(37,38)39/h4-9,12-15,18,24,27H,10-11,16H2,1-3H3/t18?,24-,27+/m0/s1. The highest BCUT2D eigenvalue weighted by Crippen LogP contribution is 2.39. The first kappa shape index (κ1) is 32.7. The van der Waals surface area contributed by atoms with E-state index in [2.05, 4.69) is 0 Å². The van der Waals surface area contributed by atoms with Crippen molar-refractivity contribution in [3.63, 3.8) is 0 Å². The van der Waals surface area contributed by atoms with Crippen molar-refractivity contribution >= 4 is 35.0 Å². The Labute approximate surface area is 255 Å². The average Bonchev–Trinajstić information content (AvgIpc) is 2.96. The molecule has 0 spiro atoms. The van der Waals surface area contributed by atoms with Crippen LogP contribution in [0.5, 0.6) is 0 Å². The van der Waals surface area contributed by atoms with Crippen LogP contribution in [-0.4, -0.2) is 47.8 Å². The molecule has 1 saturated heterocycles. The zero-order valence-corrected chi connectivity index (χ0v) is 24.9. The SMILES string of the molecule is Cc1ccc(C(C)C(=O)N2CC[C@@H](N(C)C(=O)c3cc(C(F)(F)F)cc(C(F)(F)F)c3)[C@H](c3ccc(Cl)c(Cl)c3)C2)cc1. The van der Waals surface area contributed by atoms with Crippen molar-refractivity contribution in [1.29, 1.82) is 0 Å². The Kier molecular flexibility index (Phi) is 9.42. The molecule has 0 bridgehead atoms. The van der Waals surface area contributed by atoms with Crippen LogP contribution < -0.4 is 0 Å². The van der Waals surface area contributed by atoms with Crippen LogP contribution in [0.4, 0.5) is 26.3 Å². The highest BCUT2D eigenvalue weighted by atomic mass is 35.5. The highest BCUT2D eigenvalue weighted by Gasteiger charge is 2.41. The van der Waals surface area contributed by atoms with E-state index in [1.54, 1.807) is 30.0 Å². The summed E-state index contributed by atoms with van der Waals surface area (Å²) in [6.07, 6.45) is -9.99. The molecule has 0 radical (unpaired) electrons. The number of hydrogen-bond acceptors (Lipinski definition) is 2. The molecular formula is C31H28Cl2F6N2O2. The number of rotatable bonds is 5. The number of hydrogen-bond donors (Lipinski definition) is 0. The zero-order valence-electron chi connectivity index (χ0n) is 23.4. The minimum absolute atomic E-state index is 0.0192. The predicted octanol–water partition coefficient (Wildman–Crippen LogP) is 8.60. The summed E-state index contributed by atoms with van der Waals surface area (Å²) in [6.45, 7) is 4.07. The summed E-state index contributed by atoms with van der Waals surface area (Å²) in [4.78, 5) is 29.9. The van der Waals surface area contributed by atoms with Crippen LogP contribution in [0.15, 0.2) is 60.7 Å². The number of halogens is 8. The maximum Gasteiger partial charge on any atom is 0.416 e. The third-order valence-corrected chi connectivity index (χ3v) is 8.60. The second kappa shape index (κ2) is 12.4. The summed E-state index contributed by atoms with van der Waals surface area (Å²) < 4.78 is 80.9. The molecule has 1 unspecified atom stereocenters. The fraction of sp³-hybridized carbons (Fsp3) is 0.355. The minimum Gasteiger partial charge on any atom is -0.341 e. The van der Waals surface area contributed by atoms with Gasteiger partial charge in [-0.15, -0.1) is 0 Å². The summed E-state index contributed by atoms with van der Waals surface area (Å²) in [5.74, 6) is -2.22. The van der Waals surface area contributed by atoms with Crippen LogP contribution in [0, 0.1) is 6.92 Å². The molecule has 1 fully saturated rings. The van der Waals surface area contributed by atoms with Crippen molar-refractivity contribution in [2.75, 3.05) is 20.1 Å². The van der Waals surface area contributed by atoms with Gasteiger partial charge in [-0.1, -0.05) is 59.1 Å². The lowest BCUT2D eigenvalue weighted by Crippen LogP contribution is -2.52. The van der Waals surface area contributed by atoms with Gasteiger partial charge in [-0.25, -0.2) is 0 Å². The van der Waals surface area contributed by atoms with Crippen LogP contribution in [0.1, 0.15) is 63.4 Å². The Morgan fingerprint density at radius 1 is 0.884 bits per heavy atom. The van der Waals surface area contributed by atoms with Crippen molar-refractivity contribution in [3.05, 3.63) is 104 Å². The van der Waals surface area contributed by atoms with Gasteiger partial charge in [-0.3, -0.25) is 9.59 Å². The van der Waals surface area contributed by atoms with Crippen molar-refractivity contribution in [2.24, 2.45) is 0 Å². The van der Waals surface area contributed by atoms with Gasteiger partial charge in [0.05, 0.1) is 27.1 Å². The molecule has 2 amide bonds. The Balaban J connectivity index is 1.68. The molecule has 1 aliphatic heterocycles. The minimum atomic E-state index is -5.10. The number of piperidine rings is 1. The summed E-state index contributed by atoms with van der Waals surface area (Å²) in [5, 5.41) is 0.489. The molecule has 3 aromatic carbocycles. The van der Waals surface area contributed by atoms with E-state index in [0.29, 0.717) is 17.7 Å². The molecule has 3 atom stereocenters. The Bertz CT molecular complexity index is 1480. The molecule has 4 rings (SSSR count). The molecule has 12 heteroatoms. The van der Waals surface area contributed by atoms with Gasteiger partial charge in [0.1, 0.15) is 0 Å². The Morgan fingerprint density at radius 3 is 2.00 bits per heavy atom.